The smallest absolute Gasteiger partial charge is 0.180 e. The molecule has 64 valence electrons. The van der Waals surface area contributed by atoms with Crippen molar-refractivity contribution in [3.8, 4) is 0 Å². The summed E-state index contributed by atoms with van der Waals surface area (Å²) in [6.45, 7) is 3.86. The number of hydrogen-bond acceptors (Lipinski definition) is 1. The largest absolute Gasteiger partial charge is 0.616 e. The molecule has 0 aliphatic heterocycles. The van der Waals surface area contributed by atoms with Crippen molar-refractivity contribution in [1.29, 1.82) is 0 Å². The molecule has 0 rings (SSSR count). The highest BCUT2D eigenvalue weighted by molar-refractivity contribution is 7.91. The van der Waals surface area contributed by atoms with Gasteiger partial charge in [-0.2, -0.15) is 0 Å². The van der Waals surface area contributed by atoms with Gasteiger partial charge in [-0.3, -0.25) is 0 Å². The van der Waals surface area contributed by atoms with Crippen LogP contribution in [-0.4, -0.2) is 20.4 Å². The Balaban J connectivity index is 0. The zero-order chi connectivity index (χ0) is 8.57. The van der Waals surface area contributed by atoms with Crippen molar-refractivity contribution in [3.05, 3.63) is 0 Å². The van der Waals surface area contributed by atoms with Crippen molar-refractivity contribution in [3.63, 3.8) is 0 Å². The third-order valence-corrected chi connectivity index (χ3v) is 1.93. The van der Waals surface area contributed by atoms with Gasteiger partial charge in [0.2, 0.25) is 0 Å². The van der Waals surface area contributed by atoms with Crippen LogP contribution in [0.2, 0.25) is 0 Å². The van der Waals surface area contributed by atoms with Gasteiger partial charge in [0.05, 0.1) is 0 Å². The maximum absolute atomic E-state index is 10.3. The van der Waals surface area contributed by atoms with E-state index in [1.54, 1.807) is 0 Å². The first kappa shape index (κ1) is 13.7. The summed E-state index contributed by atoms with van der Waals surface area (Å²) in [6.07, 6.45) is 0. The van der Waals surface area contributed by atoms with Crippen molar-refractivity contribution in [2.24, 2.45) is 0 Å². The number of hydrogen-bond donors (Lipinski definition) is 0. The Morgan fingerprint density at radius 3 is 1.40 bits per heavy atom. The first-order valence-corrected chi connectivity index (χ1v) is 5.61. The Hall–Kier alpha value is 1.18. The van der Waals surface area contributed by atoms with Crippen LogP contribution in [0.3, 0.4) is 0 Å². The summed E-state index contributed by atoms with van der Waals surface area (Å²) in [4.78, 5) is 0. The summed E-state index contributed by atoms with van der Waals surface area (Å²) < 4.78 is 9.54. The molecule has 0 atom stereocenters. The van der Waals surface area contributed by atoms with Crippen LogP contribution in [0.25, 0.3) is 0 Å². The van der Waals surface area contributed by atoms with Crippen molar-refractivity contribution in [1.82, 2.24) is 0 Å². The quantitative estimate of drug-likeness (QED) is 0.523. The number of rotatable bonds is 2. The Morgan fingerprint density at radius 1 is 1.20 bits per heavy atom. The van der Waals surface area contributed by atoms with Crippen LogP contribution < -0.4 is 0 Å². The molecule has 1 nitrogen and oxygen atoms in total. The van der Waals surface area contributed by atoms with Crippen LogP contribution in [0.5, 0.6) is 0 Å². The van der Waals surface area contributed by atoms with E-state index in [4.69, 9.17) is 34.8 Å². The van der Waals surface area contributed by atoms with Crippen LogP contribution >= 0.6 is 34.8 Å². The van der Waals surface area contributed by atoms with Crippen LogP contribution in [0.4, 0.5) is 0 Å². The van der Waals surface area contributed by atoms with Gasteiger partial charge in [-0.15, -0.1) is 0 Å². The molecule has 0 aliphatic rings. The zero-order valence-electron chi connectivity index (χ0n) is 5.94. The van der Waals surface area contributed by atoms with Gasteiger partial charge in [0, 0.05) is 0 Å². The topological polar surface area (TPSA) is 23.1 Å². The summed E-state index contributed by atoms with van der Waals surface area (Å²) >= 11 is 13.9. The van der Waals surface area contributed by atoms with Gasteiger partial charge < -0.3 is 4.55 Å². The van der Waals surface area contributed by atoms with Gasteiger partial charge in [0.15, 0.2) is 4.30 Å². The molecule has 0 radical (unpaired) electrons. The normalized spacial score (nSPS) is 9.60. The molecule has 5 heteroatoms. The minimum atomic E-state index is -0.750. The van der Waals surface area contributed by atoms with E-state index in [1.807, 2.05) is 13.8 Å². The lowest BCUT2D eigenvalue weighted by Crippen LogP contribution is -2.04. The highest BCUT2D eigenvalue weighted by atomic mass is 35.6. The van der Waals surface area contributed by atoms with Gasteiger partial charge in [0.1, 0.15) is 11.5 Å². The van der Waals surface area contributed by atoms with Gasteiger partial charge >= 0.3 is 0 Å². The molecule has 0 saturated heterocycles. The molecule has 0 bridgehead atoms. The molecule has 0 N–H and O–H groups in total. The molecule has 0 aromatic rings. The standard InChI is InChI=1S/C4H10OS.CHCl3/c1-3-6(5)4-2;2-1(3)4/h3-4H2,1-2H3;1H. The lowest BCUT2D eigenvalue weighted by Gasteiger charge is -2.01. The summed E-state index contributed by atoms with van der Waals surface area (Å²) in [7, 11) is 0. The number of alkyl halides is 3. The second-order valence-electron chi connectivity index (χ2n) is 1.26. The molecule has 0 amide bonds. The molecule has 0 spiro atoms. The molecule has 0 heterocycles. The predicted molar refractivity (Wildman–Crippen MR) is 50.6 cm³/mol. The predicted octanol–water partition coefficient (Wildman–Crippen LogP) is 2.76. The minimum absolute atomic E-state index is 0.534. The SMILES string of the molecule is CC[S+]([O-])CC.ClC(Cl)Cl. The maximum Gasteiger partial charge on any atom is 0.180 e. The third kappa shape index (κ3) is 22.9. The van der Waals surface area contributed by atoms with Crippen molar-refractivity contribution >= 4 is 46.0 Å². The fourth-order valence-corrected chi connectivity index (χ4v) is 0.612. The van der Waals surface area contributed by atoms with Crippen LogP contribution in [0.1, 0.15) is 13.8 Å². The van der Waals surface area contributed by atoms with E-state index in [0.717, 1.165) is 11.5 Å². The second-order valence-corrected chi connectivity index (χ2v) is 5.28. The molecule has 0 fully saturated rings. The van der Waals surface area contributed by atoms with Gasteiger partial charge in [-0.25, -0.2) is 0 Å². The zero-order valence-corrected chi connectivity index (χ0v) is 9.03. The molecule has 0 aromatic heterocycles. The van der Waals surface area contributed by atoms with Crippen LogP contribution in [0.15, 0.2) is 0 Å². The van der Waals surface area contributed by atoms with Crippen molar-refractivity contribution < 1.29 is 4.55 Å². The van der Waals surface area contributed by atoms with Crippen molar-refractivity contribution in [2.75, 3.05) is 11.5 Å². The van der Waals surface area contributed by atoms with E-state index < -0.39 is 15.5 Å². The molecule has 0 aromatic carbocycles. The Labute approximate surface area is 80.2 Å². The van der Waals surface area contributed by atoms with Crippen LogP contribution in [0, 0.1) is 0 Å². The average Bonchev–Trinajstić information content (AvgIpc) is 1.85. The highest BCUT2D eigenvalue weighted by Crippen LogP contribution is 2.03. The van der Waals surface area contributed by atoms with Crippen LogP contribution in [-0.2, 0) is 11.2 Å². The van der Waals surface area contributed by atoms with Gasteiger partial charge in [-0.1, -0.05) is 46.0 Å². The average molecular weight is 226 g/mol. The molecule has 10 heavy (non-hydrogen) atoms. The van der Waals surface area contributed by atoms with E-state index in [-0.39, 0.29) is 0 Å². The summed E-state index contributed by atoms with van der Waals surface area (Å²) in [6, 6.07) is 0. The van der Waals surface area contributed by atoms with E-state index in [9.17, 15) is 4.55 Å². The lowest BCUT2D eigenvalue weighted by molar-refractivity contribution is 0.597. The first-order chi connectivity index (χ1) is 4.54. The fraction of sp³-hybridized carbons (Fsp3) is 1.00. The van der Waals surface area contributed by atoms with Gasteiger partial charge in [-0.05, 0) is 13.8 Å². The fourth-order valence-electron chi connectivity index (χ4n) is 0.204. The molecule has 0 unspecified atom stereocenters. The third-order valence-electron chi connectivity index (χ3n) is 0.644. The van der Waals surface area contributed by atoms with E-state index in [1.165, 1.54) is 0 Å². The lowest BCUT2D eigenvalue weighted by atomic mass is 11.0. The summed E-state index contributed by atoms with van der Waals surface area (Å²) in [5.41, 5.74) is 0. The first-order valence-electron chi connectivity index (χ1n) is 2.81. The monoisotopic (exact) mass is 224 g/mol. The Kier molecular flexibility index (Phi) is 14.0. The molecule has 0 aliphatic carbocycles. The minimum Gasteiger partial charge on any atom is -0.616 e. The van der Waals surface area contributed by atoms with E-state index in [0.29, 0.717) is 0 Å². The summed E-state index contributed by atoms with van der Waals surface area (Å²) in [5, 5.41) is 0. The van der Waals surface area contributed by atoms with Crippen molar-refractivity contribution in [2.45, 2.75) is 18.1 Å². The molecule has 0 saturated carbocycles. The maximum atomic E-state index is 10.3. The summed E-state index contributed by atoms with van der Waals surface area (Å²) in [5.74, 6) is 1.60. The van der Waals surface area contributed by atoms with E-state index in [2.05, 4.69) is 0 Å². The van der Waals surface area contributed by atoms with Gasteiger partial charge in [0.25, 0.3) is 0 Å². The Bertz CT molecular complexity index is 56.1. The second kappa shape index (κ2) is 10.2. The number of halogens is 3. The highest BCUT2D eigenvalue weighted by Gasteiger charge is 1.91. The Morgan fingerprint density at radius 2 is 1.40 bits per heavy atom. The molecular weight excluding hydrogens is 214 g/mol. The van der Waals surface area contributed by atoms with E-state index >= 15 is 0 Å². The molecular formula is C5H11Cl3OS.